The number of nitrogens with zero attached hydrogens (tertiary/aromatic N) is 2. The van der Waals surface area contributed by atoms with Crippen molar-refractivity contribution in [2.24, 2.45) is 0 Å². The summed E-state index contributed by atoms with van der Waals surface area (Å²) in [5, 5.41) is 28.9. The lowest BCUT2D eigenvalue weighted by atomic mass is 10.3. The zero-order valence-electron chi connectivity index (χ0n) is 9.48. The molecule has 2 rings (SSSR count). The van der Waals surface area contributed by atoms with E-state index < -0.39 is 6.10 Å². The summed E-state index contributed by atoms with van der Waals surface area (Å²) in [6.07, 6.45) is -0.780. The number of aromatic nitrogens is 2. The topological polar surface area (TPSA) is 87.5 Å². The van der Waals surface area contributed by atoms with E-state index in [0.717, 1.165) is 5.69 Å². The molecule has 0 saturated carbocycles. The van der Waals surface area contributed by atoms with Crippen LogP contribution in [-0.4, -0.2) is 39.7 Å². The van der Waals surface area contributed by atoms with Crippen LogP contribution in [0.1, 0.15) is 0 Å². The van der Waals surface area contributed by atoms with Crippen LogP contribution in [0.5, 0.6) is 10.9 Å². The molecule has 0 bridgehead atoms. The molecule has 96 valence electrons. The molecule has 2 aromatic rings. The Labute approximate surface area is 108 Å². The molecule has 18 heavy (non-hydrogen) atoms. The van der Waals surface area contributed by atoms with E-state index in [9.17, 15) is 5.11 Å². The first-order chi connectivity index (χ1) is 8.78. The standard InChI is InChI=1S/C11H13N3O3S/c15-6-9(16)5-12-8-2-1-3-10(4-8)17-11-14-13-7-18-11/h1-4,7,9,12,15-16H,5-6H2. The molecule has 1 heterocycles. The van der Waals surface area contributed by atoms with Crippen molar-refractivity contribution in [3.05, 3.63) is 29.8 Å². The first-order valence-electron chi connectivity index (χ1n) is 5.35. The fourth-order valence-corrected chi connectivity index (χ4v) is 1.70. The fraction of sp³-hybridized carbons (Fsp3) is 0.273. The number of anilines is 1. The van der Waals surface area contributed by atoms with Gasteiger partial charge in [0.1, 0.15) is 11.3 Å². The first kappa shape index (κ1) is 12.7. The van der Waals surface area contributed by atoms with Crippen LogP contribution in [0.3, 0.4) is 0 Å². The number of hydrogen-bond acceptors (Lipinski definition) is 7. The van der Waals surface area contributed by atoms with Crippen molar-refractivity contribution < 1.29 is 14.9 Å². The van der Waals surface area contributed by atoms with Crippen molar-refractivity contribution in [3.8, 4) is 10.9 Å². The molecule has 0 aliphatic carbocycles. The average Bonchev–Trinajstić information content (AvgIpc) is 2.89. The zero-order valence-corrected chi connectivity index (χ0v) is 10.3. The molecule has 6 nitrogen and oxygen atoms in total. The Balaban J connectivity index is 1.96. The number of nitrogens with one attached hydrogen (secondary N) is 1. The lowest BCUT2D eigenvalue weighted by molar-refractivity contribution is 0.105. The van der Waals surface area contributed by atoms with Gasteiger partial charge in [-0.15, -0.1) is 5.10 Å². The molecule has 0 aliphatic rings. The van der Waals surface area contributed by atoms with E-state index in [-0.39, 0.29) is 13.2 Å². The third-order valence-corrected chi connectivity index (χ3v) is 2.70. The Morgan fingerprint density at radius 1 is 1.44 bits per heavy atom. The Morgan fingerprint density at radius 2 is 2.33 bits per heavy atom. The lowest BCUT2D eigenvalue weighted by Crippen LogP contribution is -2.22. The molecule has 0 amide bonds. The fourth-order valence-electron chi connectivity index (χ4n) is 1.28. The number of aliphatic hydroxyl groups excluding tert-OH is 2. The van der Waals surface area contributed by atoms with Crippen molar-refractivity contribution in [2.75, 3.05) is 18.5 Å². The van der Waals surface area contributed by atoms with Crippen molar-refractivity contribution in [3.63, 3.8) is 0 Å². The van der Waals surface area contributed by atoms with Gasteiger partial charge in [-0.2, -0.15) is 0 Å². The van der Waals surface area contributed by atoms with Crippen LogP contribution < -0.4 is 10.1 Å². The molecule has 0 radical (unpaired) electrons. The lowest BCUT2D eigenvalue weighted by Gasteiger charge is -2.11. The second kappa shape index (κ2) is 6.29. The Bertz CT molecular complexity index is 478. The van der Waals surface area contributed by atoms with E-state index in [1.54, 1.807) is 17.6 Å². The summed E-state index contributed by atoms with van der Waals surface area (Å²) < 4.78 is 5.49. The van der Waals surface area contributed by atoms with Crippen LogP contribution in [0.2, 0.25) is 0 Å². The van der Waals surface area contributed by atoms with Crippen molar-refractivity contribution in [2.45, 2.75) is 6.10 Å². The van der Waals surface area contributed by atoms with Crippen molar-refractivity contribution >= 4 is 17.0 Å². The van der Waals surface area contributed by atoms with Gasteiger partial charge in [-0.05, 0) is 12.1 Å². The summed E-state index contributed by atoms with van der Waals surface area (Å²) in [7, 11) is 0. The first-order valence-corrected chi connectivity index (χ1v) is 6.23. The quantitative estimate of drug-likeness (QED) is 0.726. The molecule has 0 aliphatic heterocycles. The Morgan fingerprint density at radius 3 is 3.06 bits per heavy atom. The number of rotatable bonds is 6. The van der Waals surface area contributed by atoms with Gasteiger partial charge < -0.3 is 20.3 Å². The molecule has 1 atom stereocenters. The second-order valence-electron chi connectivity index (χ2n) is 3.55. The second-order valence-corrected chi connectivity index (χ2v) is 4.35. The highest BCUT2D eigenvalue weighted by Crippen LogP contribution is 2.24. The van der Waals surface area contributed by atoms with Gasteiger partial charge in [0, 0.05) is 18.3 Å². The summed E-state index contributed by atoms with van der Waals surface area (Å²) in [5.74, 6) is 0.634. The van der Waals surface area contributed by atoms with Gasteiger partial charge in [0.15, 0.2) is 0 Å². The predicted octanol–water partition coefficient (Wildman–Crippen LogP) is 1.10. The van der Waals surface area contributed by atoms with E-state index in [1.165, 1.54) is 11.3 Å². The van der Waals surface area contributed by atoms with Gasteiger partial charge >= 0.3 is 0 Å². The minimum atomic E-state index is -0.780. The average molecular weight is 267 g/mol. The highest BCUT2D eigenvalue weighted by molar-refractivity contribution is 7.11. The summed E-state index contributed by atoms with van der Waals surface area (Å²) in [5.41, 5.74) is 2.39. The number of benzene rings is 1. The normalized spacial score (nSPS) is 12.1. The highest BCUT2D eigenvalue weighted by Gasteiger charge is 2.04. The highest BCUT2D eigenvalue weighted by atomic mass is 32.1. The Hall–Kier alpha value is -1.70. The maximum atomic E-state index is 9.24. The van der Waals surface area contributed by atoms with Crippen LogP contribution >= 0.6 is 11.3 Å². The maximum absolute atomic E-state index is 9.24. The zero-order chi connectivity index (χ0) is 12.8. The third-order valence-electron chi connectivity index (χ3n) is 2.13. The minimum absolute atomic E-state index is 0.270. The molecule has 0 spiro atoms. The summed E-state index contributed by atoms with van der Waals surface area (Å²) in [6.45, 7) is 0.00668. The number of aliphatic hydroxyl groups is 2. The van der Waals surface area contributed by atoms with Crippen molar-refractivity contribution in [1.82, 2.24) is 10.2 Å². The molecule has 0 fully saturated rings. The minimum Gasteiger partial charge on any atom is -0.430 e. The molecule has 1 unspecified atom stereocenters. The van der Waals surface area contributed by atoms with E-state index in [4.69, 9.17) is 9.84 Å². The van der Waals surface area contributed by atoms with E-state index in [2.05, 4.69) is 15.5 Å². The van der Waals surface area contributed by atoms with Crippen LogP contribution in [-0.2, 0) is 0 Å². The smallest absolute Gasteiger partial charge is 0.299 e. The largest absolute Gasteiger partial charge is 0.430 e. The molecule has 0 saturated heterocycles. The molecular formula is C11H13N3O3S. The molecule has 1 aromatic carbocycles. The molecular weight excluding hydrogens is 254 g/mol. The monoisotopic (exact) mass is 267 g/mol. The van der Waals surface area contributed by atoms with Crippen LogP contribution in [0.4, 0.5) is 5.69 Å². The van der Waals surface area contributed by atoms with E-state index in [0.29, 0.717) is 10.9 Å². The molecule has 3 N–H and O–H groups in total. The maximum Gasteiger partial charge on any atom is 0.299 e. The van der Waals surface area contributed by atoms with Crippen LogP contribution in [0.25, 0.3) is 0 Å². The van der Waals surface area contributed by atoms with Crippen molar-refractivity contribution in [1.29, 1.82) is 0 Å². The van der Waals surface area contributed by atoms with Gasteiger partial charge in [-0.1, -0.05) is 22.5 Å². The van der Waals surface area contributed by atoms with Gasteiger partial charge in [0.25, 0.3) is 5.19 Å². The van der Waals surface area contributed by atoms with Gasteiger partial charge in [0.2, 0.25) is 0 Å². The molecule has 7 heteroatoms. The van der Waals surface area contributed by atoms with E-state index >= 15 is 0 Å². The Kier molecular flexibility index (Phi) is 4.46. The van der Waals surface area contributed by atoms with Gasteiger partial charge in [-0.25, -0.2) is 0 Å². The number of ether oxygens (including phenoxy) is 1. The summed E-state index contributed by atoms with van der Waals surface area (Å²) in [4.78, 5) is 0. The predicted molar refractivity (Wildman–Crippen MR) is 68.0 cm³/mol. The van der Waals surface area contributed by atoms with Gasteiger partial charge in [-0.3, -0.25) is 0 Å². The number of hydrogen-bond donors (Lipinski definition) is 3. The third kappa shape index (κ3) is 3.66. The molecule has 1 aromatic heterocycles. The van der Waals surface area contributed by atoms with E-state index in [1.807, 2.05) is 12.1 Å². The summed E-state index contributed by atoms with van der Waals surface area (Å²) >= 11 is 1.31. The van der Waals surface area contributed by atoms with Crippen LogP contribution in [0.15, 0.2) is 29.8 Å². The van der Waals surface area contributed by atoms with Gasteiger partial charge in [0.05, 0.1) is 12.7 Å². The van der Waals surface area contributed by atoms with Crippen LogP contribution in [0, 0.1) is 0 Å². The summed E-state index contributed by atoms with van der Waals surface area (Å²) in [6, 6.07) is 7.25. The SMILES string of the molecule is OCC(O)CNc1cccc(Oc2nncs2)c1.